The van der Waals surface area contributed by atoms with Crippen LogP contribution in [0.1, 0.15) is 33.1 Å². The number of rotatable bonds is 10. The van der Waals surface area contributed by atoms with E-state index in [2.05, 4.69) is 10.0 Å². The van der Waals surface area contributed by atoms with Gasteiger partial charge >= 0.3 is 5.69 Å². The summed E-state index contributed by atoms with van der Waals surface area (Å²) >= 11 is 0. The number of carbonyl (C=O) groups excluding carboxylic acids is 1. The number of sulfonamides is 1. The number of aromatic nitrogens is 2. The summed E-state index contributed by atoms with van der Waals surface area (Å²) in [5.41, 5.74) is 2.58. The van der Waals surface area contributed by atoms with Crippen LogP contribution >= 0.6 is 0 Å². The van der Waals surface area contributed by atoms with E-state index in [4.69, 9.17) is 0 Å². The average molecular weight is 445 g/mol. The first-order valence-corrected chi connectivity index (χ1v) is 12.1. The number of anilines is 2. The Morgan fingerprint density at radius 1 is 0.871 bits per heavy atom. The number of para-hydroxylation sites is 2. The van der Waals surface area contributed by atoms with Gasteiger partial charge in [0, 0.05) is 30.9 Å². The van der Waals surface area contributed by atoms with Crippen molar-refractivity contribution in [3.8, 4) is 0 Å². The number of carbonyl (C=O) groups is 1. The lowest BCUT2D eigenvalue weighted by atomic mass is 10.2. The van der Waals surface area contributed by atoms with E-state index < -0.39 is 10.0 Å². The van der Waals surface area contributed by atoms with Gasteiger partial charge in [-0.3, -0.25) is 18.7 Å². The van der Waals surface area contributed by atoms with Crippen molar-refractivity contribution in [1.82, 2.24) is 9.13 Å². The van der Waals surface area contributed by atoms with Crippen LogP contribution in [0.2, 0.25) is 0 Å². The quantitative estimate of drug-likeness (QED) is 0.500. The first kappa shape index (κ1) is 22.6. The molecule has 2 N–H and O–H groups in total. The summed E-state index contributed by atoms with van der Waals surface area (Å²) < 4.78 is 29.5. The van der Waals surface area contributed by atoms with Gasteiger partial charge in [0.05, 0.1) is 16.8 Å². The minimum Gasteiger partial charge on any atom is -0.326 e. The number of fused-ring (bicyclic) bond motifs is 1. The number of aryl methyl sites for hydroxylation is 2. The Kier molecular flexibility index (Phi) is 7.17. The second-order valence-electron chi connectivity index (χ2n) is 7.37. The van der Waals surface area contributed by atoms with E-state index in [0.29, 0.717) is 24.3 Å². The Morgan fingerprint density at radius 3 is 2.03 bits per heavy atom. The van der Waals surface area contributed by atoms with Crippen LogP contribution in [-0.4, -0.2) is 29.2 Å². The molecule has 0 aliphatic heterocycles. The second-order valence-corrected chi connectivity index (χ2v) is 9.21. The van der Waals surface area contributed by atoms with Crippen molar-refractivity contribution in [3.63, 3.8) is 0 Å². The minimum atomic E-state index is -3.36. The molecule has 0 radical (unpaired) electrons. The molecule has 0 aliphatic rings. The van der Waals surface area contributed by atoms with Gasteiger partial charge in [0.15, 0.2) is 0 Å². The third-order valence-corrected chi connectivity index (χ3v) is 6.34. The second kappa shape index (κ2) is 9.82. The van der Waals surface area contributed by atoms with Crippen LogP contribution < -0.4 is 15.7 Å². The number of nitrogens with one attached hydrogen (secondary N) is 2. The highest BCUT2D eigenvalue weighted by molar-refractivity contribution is 7.92. The van der Waals surface area contributed by atoms with Crippen LogP contribution in [0.15, 0.2) is 53.3 Å². The molecule has 0 saturated carbocycles. The van der Waals surface area contributed by atoms with Gasteiger partial charge in [0.1, 0.15) is 0 Å². The van der Waals surface area contributed by atoms with E-state index in [1.54, 1.807) is 40.3 Å². The molecule has 0 atom stereocenters. The summed E-state index contributed by atoms with van der Waals surface area (Å²) in [6, 6.07) is 14.1. The highest BCUT2D eigenvalue weighted by Crippen LogP contribution is 2.16. The van der Waals surface area contributed by atoms with Crippen molar-refractivity contribution >= 4 is 38.3 Å². The monoisotopic (exact) mass is 444 g/mol. The van der Waals surface area contributed by atoms with E-state index >= 15 is 0 Å². The van der Waals surface area contributed by atoms with Gasteiger partial charge < -0.3 is 5.32 Å². The normalized spacial score (nSPS) is 11.5. The van der Waals surface area contributed by atoms with Crippen LogP contribution in [0.25, 0.3) is 11.0 Å². The molecular formula is C22H28N4O4S. The van der Waals surface area contributed by atoms with Gasteiger partial charge in [0.25, 0.3) is 0 Å². The topological polar surface area (TPSA) is 102 Å². The van der Waals surface area contributed by atoms with E-state index in [9.17, 15) is 18.0 Å². The molecule has 2 aromatic carbocycles. The van der Waals surface area contributed by atoms with Crippen LogP contribution in [0, 0.1) is 0 Å². The fourth-order valence-corrected chi connectivity index (χ4v) is 4.62. The Balaban J connectivity index is 1.65. The van der Waals surface area contributed by atoms with Crippen LogP contribution in [0.4, 0.5) is 11.4 Å². The maximum Gasteiger partial charge on any atom is 0.329 e. The van der Waals surface area contributed by atoms with Crippen LogP contribution in [-0.2, 0) is 27.9 Å². The van der Waals surface area contributed by atoms with Crippen molar-refractivity contribution in [2.24, 2.45) is 0 Å². The summed E-state index contributed by atoms with van der Waals surface area (Å²) in [5.74, 6) is -0.168. The fraction of sp³-hybridized carbons (Fsp3) is 0.364. The summed E-state index contributed by atoms with van der Waals surface area (Å²) in [7, 11) is -3.36. The molecule has 9 heteroatoms. The Morgan fingerprint density at radius 2 is 1.45 bits per heavy atom. The molecule has 0 unspecified atom stereocenters. The van der Waals surface area contributed by atoms with Crippen molar-refractivity contribution < 1.29 is 13.2 Å². The van der Waals surface area contributed by atoms with E-state index in [-0.39, 0.29) is 30.3 Å². The number of imidazole rings is 1. The lowest BCUT2D eigenvalue weighted by molar-refractivity contribution is -0.116. The van der Waals surface area contributed by atoms with E-state index in [1.807, 2.05) is 31.2 Å². The highest BCUT2D eigenvalue weighted by atomic mass is 32.2. The molecular weight excluding hydrogens is 416 g/mol. The number of amides is 1. The molecule has 0 aliphatic carbocycles. The first-order chi connectivity index (χ1) is 14.8. The predicted molar refractivity (Wildman–Crippen MR) is 124 cm³/mol. The van der Waals surface area contributed by atoms with Crippen molar-refractivity contribution in [3.05, 3.63) is 59.0 Å². The molecule has 0 fully saturated rings. The van der Waals surface area contributed by atoms with Crippen LogP contribution in [0.5, 0.6) is 0 Å². The zero-order valence-corrected chi connectivity index (χ0v) is 18.6. The molecule has 1 heterocycles. The molecule has 1 amide bonds. The molecule has 0 bridgehead atoms. The van der Waals surface area contributed by atoms with Gasteiger partial charge in [-0.15, -0.1) is 0 Å². The molecule has 0 saturated heterocycles. The molecule has 1 aromatic heterocycles. The molecule has 31 heavy (non-hydrogen) atoms. The maximum absolute atomic E-state index is 12.8. The third-order valence-electron chi connectivity index (χ3n) is 4.85. The van der Waals surface area contributed by atoms with Crippen LogP contribution in [0.3, 0.4) is 0 Å². The number of benzene rings is 2. The Bertz CT molecular complexity index is 1210. The van der Waals surface area contributed by atoms with Crippen molar-refractivity contribution in [2.75, 3.05) is 15.8 Å². The van der Waals surface area contributed by atoms with E-state index in [1.165, 1.54) is 0 Å². The SMILES string of the molecule is CCCn1c(=O)n(CCC(=O)Nc2ccc(NS(=O)(=O)CCC)cc2)c2ccccc21. The maximum atomic E-state index is 12.8. The lowest BCUT2D eigenvalue weighted by Crippen LogP contribution is -2.26. The molecule has 8 nitrogen and oxygen atoms in total. The predicted octanol–water partition coefficient (Wildman–Crippen LogP) is 3.39. The molecule has 0 spiro atoms. The largest absolute Gasteiger partial charge is 0.329 e. The summed E-state index contributed by atoms with van der Waals surface area (Å²) in [6.45, 7) is 4.73. The Labute approximate surface area is 181 Å². The zero-order valence-electron chi connectivity index (χ0n) is 17.8. The Hall–Kier alpha value is -3.07. The minimum absolute atomic E-state index is 0.0551. The lowest BCUT2D eigenvalue weighted by Gasteiger charge is -2.09. The third kappa shape index (κ3) is 5.55. The van der Waals surface area contributed by atoms with Gasteiger partial charge in [0.2, 0.25) is 15.9 Å². The first-order valence-electron chi connectivity index (χ1n) is 10.4. The smallest absolute Gasteiger partial charge is 0.326 e. The van der Waals surface area contributed by atoms with E-state index in [0.717, 1.165) is 17.5 Å². The van der Waals surface area contributed by atoms with Gasteiger partial charge in [-0.25, -0.2) is 13.2 Å². The number of hydrogen-bond acceptors (Lipinski definition) is 4. The highest BCUT2D eigenvalue weighted by Gasteiger charge is 2.14. The number of hydrogen-bond donors (Lipinski definition) is 2. The van der Waals surface area contributed by atoms with Crippen molar-refractivity contribution in [2.45, 2.75) is 46.2 Å². The van der Waals surface area contributed by atoms with Crippen molar-refractivity contribution in [1.29, 1.82) is 0 Å². The summed E-state index contributed by atoms with van der Waals surface area (Å²) in [6.07, 6.45) is 1.52. The molecule has 166 valence electrons. The van der Waals surface area contributed by atoms with Gasteiger partial charge in [-0.05, 0) is 49.2 Å². The number of nitrogens with zero attached hydrogens (tertiary/aromatic N) is 2. The van der Waals surface area contributed by atoms with Gasteiger partial charge in [-0.2, -0.15) is 0 Å². The molecule has 3 rings (SSSR count). The zero-order chi connectivity index (χ0) is 22.4. The average Bonchev–Trinajstić information content (AvgIpc) is 2.99. The van der Waals surface area contributed by atoms with Gasteiger partial charge in [-0.1, -0.05) is 26.0 Å². The standard InChI is InChI=1S/C22H28N4O4S/c1-3-14-25-19-7-5-6-8-20(19)26(22(25)28)15-13-21(27)23-17-9-11-18(12-10-17)24-31(29,30)16-4-2/h5-12,24H,3-4,13-16H2,1-2H3,(H,23,27). The molecule has 3 aromatic rings. The summed E-state index contributed by atoms with van der Waals surface area (Å²) in [5, 5.41) is 2.79. The fourth-order valence-electron chi connectivity index (χ4n) is 3.49. The summed E-state index contributed by atoms with van der Waals surface area (Å²) in [4.78, 5) is 25.2.